The van der Waals surface area contributed by atoms with Crippen LogP contribution in [0.2, 0.25) is 0 Å². The molecule has 2 rings (SSSR count). The van der Waals surface area contributed by atoms with Gasteiger partial charge in [0, 0.05) is 5.69 Å². The summed E-state index contributed by atoms with van der Waals surface area (Å²) < 4.78 is 0. The largest absolute Gasteiger partial charge is 0.480 e. The first-order valence-corrected chi connectivity index (χ1v) is 6.82. The molecule has 1 aromatic carbocycles. The van der Waals surface area contributed by atoms with Crippen LogP contribution in [0.25, 0.3) is 0 Å². The third kappa shape index (κ3) is 2.84. The zero-order valence-electron chi connectivity index (χ0n) is 10.9. The lowest BCUT2D eigenvalue weighted by atomic mass is 9.90. The minimum atomic E-state index is -0.759. The van der Waals surface area contributed by atoms with Crippen molar-refractivity contribution in [1.29, 1.82) is 0 Å². The first kappa shape index (κ1) is 12.9. The van der Waals surface area contributed by atoms with Gasteiger partial charge in [0.25, 0.3) is 0 Å². The molecule has 0 heterocycles. The SMILES string of the molecule is CCCC(Nc1cccc2c1CCCC2)C(=O)O. The molecule has 1 aliphatic carbocycles. The summed E-state index contributed by atoms with van der Waals surface area (Å²) in [4.78, 5) is 11.2. The van der Waals surface area contributed by atoms with Gasteiger partial charge in [-0.2, -0.15) is 0 Å². The Morgan fingerprint density at radius 1 is 1.39 bits per heavy atom. The number of aryl methyl sites for hydroxylation is 1. The van der Waals surface area contributed by atoms with Crippen molar-refractivity contribution >= 4 is 11.7 Å². The Labute approximate surface area is 108 Å². The quantitative estimate of drug-likeness (QED) is 0.839. The predicted octanol–water partition coefficient (Wildman–Crippen LogP) is 3.23. The molecule has 0 fully saturated rings. The van der Waals surface area contributed by atoms with Crippen LogP contribution in [0.4, 0.5) is 5.69 Å². The normalized spacial score (nSPS) is 15.8. The van der Waals surface area contributed by atoms with Gasteiger partial charge in [-0.3, -0.25) is 0 Å². The van der Waals surface area contributed by atoms with Gasteiger partial charge in [-0.1, -0.05) is 25.5 Å². The molecule has 3 heteroatoms. The van der Waals surface area contributed by atoms with Crippen molar-refractivity contribution in [3.8, 4) is 0 Å². The third-order valence-corrected chi connectivity index (χ3v) is 3.60. The molecule has 98 valence electrons. The molecule has 1 aromatic rings. The number of hydrogen-bond acceptors (Lipinski definition) is 2. The second-order valence-corrected chi connectivity index (χ2v) is 4.97. The van der Waals surface area contributed by atoms with Gasteiger partial charge in [-0.25, -0.2) is 4.79 Å². The molecule has 0 aliphatic heterocycles. The number of rotatable bonds is 5. The minimum absolute atomic E-state index is 0.469. The Hall–Kier alpha value is -1.51. The summed E-state index contributed by atoms with van der Waals surface area (Å²) in [6, 6.07) is 5.73. The molecule has 0 aromatic heterocycles. The fraction of sp³-hybridized carbons (Fsp3) is 0.533. The first-order chi connectivity index (χ1) is 8.72. The molecular formula is C15H21NO2. The Kier molecular flexibility index (Phi) is 4.24. The highest BCUT2D eigenvalue weighted by molar-refractivity contribution is 5.78. The van der Waals surface area contributed by atoms with E-state index in [9.17, 15) is 9.90 Å². The highest BCUT2D eigenvalue weighted by Gasteiger charge is 2.19. The highest BCUT2D eigenvalue weighted by atomic mass is 16.4. The van der Waals surface area contributed by atoms with Crippen LogP contribution in [-0.4, -0.2) is 17.1 Å². The first-order valence-electron chi connectivity index (χ1n) is 6.82. The molecular weight excluding hydrogens is 226 g/mol. The van der Waals surface area contributed by atoms with Crippen LogP contribution in [0.3, 0.4) is 0 Å². The van der Waals surface area contributed by atoms with Gasteiger partial charge < -0.3 is 10.4 Å². The maximum atomic E-state index is 11.2. The topological polar surface area (TPSA) is 49.3 Å². The number of anilines is 1. The molecule has 3 nitrogen and oxygen atoms in total. The van der Waals surface area contributed by atoms with Gasteiger partial charge in [0.1, 0.15) is 6.04 Å². The van der Waals surface area contributed by atoms with Crippen molar-refractivity contribution in [3.05, 3.63) is 29.3 Å². The van der Waals surface area contributed by atoms with Crippen molar-refractivity contribution in [1.82, 2.24) is 0 Å². The maximum Gasteiger partial charge on any atom is 0.326 e. The van der Waals surface area contributed by atoms with E-state index in [-0.39, 0.29) is 0 Å². The Balaban J connectivity index is 2.20. The standard InChI is InChI=1S/C15H21NO2/c1-2-6-14(15(17)18)16-13-10-5-8-11-7-3-4-9-12(11)13/h5,8,10,14,16H,2-4,6-7,9H2,1H3,(H,17,18). The summed E-state index contributed by atoms with van der Waals surface area (Å²) in [7, 11) is 0. The fourth-order valence-corrected chi connectivity index (χ4v) is 2.65. The second kappa shape index (κ2) is 5.89. The molecule has 0 spiro atoms. The molecule has 1 unspecified atom stereocenters. The Morgan fingerprint density at radius 2 is 2.17 bits per heavy atom. The van der Waals surface area contributed by atoms with E-state index in [4.69, 9.17) is 0 Å². The monoisotopic (exact) mass is 247 g/mol. The van der Waals surface area contributed by atoms with Crippen LogP contribution < -0.4 is 5.32 Å². The zero-order chi connectivity index (χ0) is 13.0. The van der Waals surface area contributed by atoms with Gasteiger partial charge in [-0.05, 0) is 49.3 Å². The molecule has 0 radical (unpaired) electrons. The summed E-state index contributed by atoms with van der Waals surface area (Å²) in [5.41, 5.74) is 3.73. The average molecular weight is 247 g/mol. The number of carboxylic acid groups (broad SMARTS) is 1. The average Bonchev–Trinajstić information content (AvgIpc) is 2.38. The molecule has 0 amide bonds. The molecule has 0 bridgehead atoms. The van der Waals surface area contributed by atoms with Crippen molar-refractivity contribution < 1.29 is 9.90 Å². The Morgan fingerprint density at radius 3 is 2.89 bits per heavy atom. The summed E-state index contributed by atoms with van der Waals surface area (Å²) in [6.45, 7) is 2.01. The number of fused-ring (bicyclic) bond motifs is 1. The third-order valence-electron chi connectivity index (χ3n) is 3.60. The lowest BCUT2D eigenvalue weighted by molar-refractivity contribution is -0.138. The van der Waals surface area contributed by atoms with Gasteiger partial charge in [0.05, 0.1) is 0 Å². The molecule has 0 saturated carbocycles. The van der Waals surface area contributed by atoms with E-state index in [1.807, 2.05) is 19.1 Å². The van der Waals surface area contributed by atoms with Gasteiger partial charge in [-0.15, -0.1) is 0 Å². The van der Waals surface area contributed by atoms with E-state index < -0.39 is 12.0 Å². The summed E-state index contributed by atoms with van der Waals surface area (Å²) in [5, 5.41) is 12.4. The van der Waals surface area contributed by atoms with E-state index in [1.165, 1.54) is 24.0 Å². The summed E-state index contributed by atoms with van der Waals surface area (Å²) >= 11 is 0. The van der Waals surface area contributed by atoms with E-state index in [0.717, 1.165) is 24.9 Å². The number of nitrogens with one attached hydrogen (secondary N) is 1. The highest BCUT2D eigenvalue weighted by Crippen LogP contribution is 2.28. The van der Waals surface area contributed by atoms with E-state index in [2.05, 4.69) is 11.4 Å². The van der Waals surface area contributed by atoms with Crippen LogP contribution in [0.1, 0.15) is 43.7 Å². The Bertz CT molecular complexity index is 429. The second-order valence-electron chi connectivity index (χ2n) is 4.97. The summed E-state index contributed by atoms with van der Waals surface area (Å²) in [5.74, 6) is -0.759. The van der Waals surface area contributed by atoms with E-state index >= 15 is 0 Å². The number of carboxylic acids is 1. The van der Waals surface area contributed by atoms with Crippen LogP contribution in [-0.2, 0) is 17.6 Å². The molecule has 0 saturated heterocycles. The lowest BCUT2D eigenvalue weighted by Crippen LogP contribution is -2.29. The number of benzene rings is 1. The smallest absolute Gasteiger partial charge is 0.326 e. The van der Waals surface area contributed by atoms with E-state index in [1.54, 1.807) is 0 Å². The van der Waals surface area contributed by atoms with Gasteiger partial charge in [0.15, 0.2) is 0 Å². The van der Waals surface area contributed by atoms with Crippen molar-refractivity contribution in [2.24, 2.45) is 0 Å². The van der Waals surface area contributed by atoms with Gasteiger partial charge in [0.2, 0.25) is 0 Å². The lowest BCUT2D eigenvalue weighted by Gasteiger charge is -2.22. The predicted molar refractivity (Wildman–Crippen MR) is 73.0 cm³/mol. The van der Waals surface area contributed by atoms with Crippen molar-refractivity contribution in [2.75, 3.05) is 5.32 Å². The number of carbonyl (C=O) groups is 1. The van der Waals surface area contributed by atoms with Crippen LogP contribution in [0.5, 0.6) is 0 Å². The fourth-order valence-electron chi connectivity index (χ4n) is 2.65. The van der Waals surface area contributed by atoms with Crippen molar-refractivity contribution in [2.45, 2.75) is 51.5 Å². The maximum absolute atomic E-state index is 11.2. The minimum Gasteiger partial charge on any atom is -0.480 e. The molecule has 2 N–H and O–H groups in total. The summed E-state index contributed by atoms with van der Waals surface area (Å²) in [6.07, 6.45) is 6.18. The van der Waals surface area contributed by atoms with Crippen LogP contribution in [0.15, 0.2) is 18.2 Å². The molecule has 18 heavy (non-hydrogen) atoms. The number of aliphatic carboxylic acids is 1. The van der Waals surface area contributed by atoms with E-state index in [0.29, 0.717) is 6.42 Å². The number of hydrogen-bond donors (Lipinski definition) is 2. The molecule has 1 atom stereocenters. The van der Waals surface area contributed by atoms with Crippen molar-refractivity contribution in [3.63, 3.8) is 0 Å². The molecule has 1 aliphatic rings. The van der Waals surface area contributed by atoms with Crippen LogP contribution in [0, 0.1) is 0 Å². The zero-order valence-corrected chi connectivity index (χ0v) is 10.9. The van der Waals surface area contributed by atoms with Gasteiger partial charge >= 0.3 is 5.97 Å². The van der Waals surface area contributed by atoms with Crippen LogP contribution >= 0.6 is 0 Å².